The third-order valence-electron chi connectivity index (χ3n) is 3.31. The minimum absolute atomic E-state index is 0.137. The summed E-state index contributed by atoms with van der Waals surface area (Å²) < 4.78 is 40.2. The number of aromatic carboxylic acids is 1. The molecule has 1 aromatic rings. The van der Waals surface area contributed by atoms with Gasteiger partial charge in [0, 0.05) is 31.2 Å². The van der Waals surface area contributed by atoms with Gasteiger partial charge in [-0.15, -0.1) is 0 Å². The zero-order valence-corrected chi connectivity index (χ0v) is 12.8. The normalized spacial score (nSPS) is 17.9. The minimum atomic E-state index is -4.11. The van der Waals surface area contributed by atoms with E-state index in [1.165, 1.54) is 0 Å². The van der Waals surface area contributed by atoms with Crippen LogP contribution in [0, 0.1) is 5.82 Å². The molecule has 0 unspecified atom stereocenters. The molecule has 0 aliphatic carbocycles. The molecule has 1 aromatic carbocycles. The number of sulfonamides is 1. The molecule has 0 spiro atoms. The van der Waals surface area contributed by atoms with Gasteiger partial charge < -0.3 is 10.0 Å². The van der Waals surface area contributed by atoms with Crippen LogP contribution in [0.4, 0.5) is 4.39 Å². The molecule has 0 bridgehead atoms. The van der Waals surface area contributed by atoms with Crippen molar-refractivity contribution in [2.75, 3.05) is 33.2 Å². The van der Waals surface area contributed by atoms with Gasteiger partial charge in [0.05, 0.1) is 5.56 Å². The Bertz CT molecular complexity index is 672. The zero-order chi connectivity index (χ0) is 15.8. The van der Waals surface area contributed by atoms with Crippen LogP contribution >= 0.6 is 11.6 Å². The van der Waals surface area contributed by atoms with Crippen LogP contribution in [0.2, 0.25) is 5.02 Å². The monoisotopic (exact) mass is 336 g/mol. The predicted molar refractivity (Wildman–Crippen MR) is 74.6 cm³/mol. The second kappa shape index (κ2) is 5.88. The highest BCUT2D eigenvalue weighted by Gasteiger charge is 2.32. The van der Waals surface area contributed by atoms with Crippen molar-refractivity contribution in [2.24, 2.45) is 0 Å². The first kappa shape index (κ1) is 16.2. The van der Waals surface area contributed by atoms with Crippen molar-refractivity contribution in [3.8, 4) is 0 Å². The molecule has 2 rings (SSSR count). The molecule has 1 aliphatic heterocycles. The van der Waals surface area contributed by atoms with E-state index < -0.39 is 32.3 Å². The van der Waals surface area contributed by atoms with Crippen molar-refractivity contribution in [3.63, 3.8) is 0 Å². The molecule has 116 valence electrons. The number of likely N-dealkylation sites (N-methyl/N-ethyl adjacent to an activating group) is 1. The average Bonchev–Trinajstić information content (AvgIpc) is 2.41. The van der Waals surface area contributed by atoms with Gasteiger partial charge in [-0.05, 0) is 19.2 Å². The molecule has 0 atom stereocenters. The lowest BCUT2D eigenvalue weighted by Crippen LogP contribution is -2.47. The standard InChI is InChI=1S/C12H14ClFN2O4S/c1-15-2-4-16(5-3-15)21(19,20)10-7-8(13)6-9(11(10)14)12(17)18/h6-7H,2-5H2,1H3,(H,17,18). The van der Waals surface area contributed by atoms with Crippen molar-refractivity contribution in [3.05, 3.63) is 28.5 Å². The summed E-state index contributed by atoms with van der Waals surface area (Å²) in [5.74, 6) is -2.85. The maximum absolute atomic E-state index is 14.2. The number of hydrogen-bond acceptors (Lipinski definition) is 4. The SMILES string of the molecule is CN1CCN(S(=O)(=O)c2cc(Cl)cc(C(=O)O)c2F)CC1. The quantitative estimate of drug-likeness (QED) is 0.894. The van der Waals surface area contributed by atoms with E-state index in [-0.39, 0.29) is 18.1 Å². The lowest BCUT2D eigenvalue weighted by Gasteiger charge is -2.31. The number of piperazine rings is 1. The Balaban J connectivity index is 2.47. The summed E-state index contributed by atoms with van der Waals surface area (Å²) in [6.45, 7) is 1.47. The van der Waals surface area contributed by atoms with Crippen molar-refractivity contribution in [1.29, 1.82) is 0 Å². The van der Waals surface area contributed by atoms with Crippen molar-refractivity contribution in [2.45, 2.75) is 4.90 Å². The third kappa shape index (κ3) is 3.18. The Hall–Kier alpha value is -1.22. The number of hydrogen-bond donors (Lipinski definition) is 1. The number of rotatable bonds is 3. The van der Waals surface area contributed by atoms with Crippen LogP contribution in [-0.2, 0) is 10.0 Å². The smallest absolute Gasteiger partial charge is 0.338 e. The molecule has 9 heteroatoms. The van der Waals surface area contributed by atoms with E-state index in [0.717, 1.165) is 16.4 Å². The van der Waals surface area contributed by atoms with Gasteiger partial charge >= 0.3 is 5.97 Å². The Kier molecular flexibility index (Phi) is 4.52. The molecule has 0 amide bonds. The summed E-state index contributed by atoms with van der Waals surface area (Å²) in [4.78, 5) is 12.2. The number of halogens is 2. The second-order valence-electron chi connectivity index (χ2n) is 4.78. The largest absolute Gasteiger partial charge is 0.478 e. The number of benzene rings is 1. The fraction of sp³-hybridized carbons (Fsp3) is 0.417. The molecule has 6 nitrogen and oxygen atoms in total. The van der Waals surface area contributed by atoms with E-state index >= 15 is 0 Å². The second-order valence-corrected chi connectivity index (χ2v) is 7.12. The van der Waals surface area contributed by atoms with Gasteiger partial charge in [0.2, 0.25) is 10.0 Å². The van der Waals surface area contributed by atoms with E-state index in [0.29, 0.717) is 13.1 Å². The van der Waals surface area contributed by atoms with Crippen LogP contribution in [0.3, 0.4) is 0 Å². The molecule has 1 saturated heterocycles. The Labute approximate surface area is 126 Å². The van der Waals surface area contributed by atoms with E-state index in [4.69, 9.17) is 16.7 Å². The summed E-state index contributed by atoms with van der Waals surface area (Å²) in [5, 5.41) is 8.77. The van der Waals surface area contributed by atoms with Gasteiger partial charge in [-0.1, -0.05) is 11.6 Å². The highest BCUT2D eigenvalue weighted by molar-refractivity contribution is 7.89. The zero-order valence-electron chi connectivity index (χ0n) is 11.2. The first-order chi connectivity index (χ1) is 9.73. The minimum Gasteiger partial charge on any atom is -0.478 e. The fourth-order valence-electron chi connectivity index (χ4n) is 2.08. The highest BCUT2D eigenvalue weighted by atomic mass is 35.5. The molecule has 1 fully saturated rings. The lowest BCUT2D eigenvalue weighted by molar-refractivity contribution is 0.0691. The molecule has 1 heterocycles. The number of carboxylic acids is 1. The van der Waals surface area contributed by atoms with Gasteiger partial charge in [0.15, 0.2) is 5.82 Å². The molecular formula is C12H14ClFN2O4S. The summed E-state index contributed by atoms with van der Waals surface area (Å²) in [7, 11) is -2.26. The van der Waals surface area contributed by atoms with E-state index in [9.17, 15) is 17.6 Å². The van der Waals surface area contributed by atoms with Gasteiger partial charge in [-0.3, -0.25) is 0 Å². The van der Waals surface area contributed by atoms with Crippen LogP contribution in [0.1, 0.15) is 10.4 Å². The summed E-state index contributed by atoms with van der Waals surface area (Å²) in [6, 6.07) is 1.83. The number of carbonyl (C=O) groups is 1. The molecule has 1 aliphatic rings. The molecule has 0 saturated carbocycles. The van der Waals surface area contributed by atoms with E-state index in [1.807, 2.05) is 11.9 Å². The van der Waals surface area contributed by atoms with Crippen molar-refractivity contribution in [1.82, 2.24) is 9.21 Å². The topological polar surface area (TPSA) is 77.9 Å². The highest BCUT2D eigenvalue weighted by Crippen LogP contribution is 2.27. The first-order valence-electron chi connectivity index (χ1n) is 6.14. The first-order valence-corrected chi connectivity index (χ1v) is 7.96. The summed E-state index contributed by atoms with van der Waals surface area (Å²) >= 11 is 5.71. The Morgan fingerprint density at radius 1 is 1.29 bits per heavy atom. The third-order valence-corrected chi connectivity index (χ3v) is 5.43. The molecule has 0 radical (unpaired) electrons. The summed E-state index contributed by atoms with van der Waals surface area (Å²) in [5.41, 5.74) is -0.754. The number of carboxylic acid groups (broad SMARTS) is 1. The van der Waals surface area contributed by atoms with Crippen molar-refractivity contribution < 1.29 is 22.7 Å². The maximum atomic E-state index is 14.2. The van der Waals surface area contributed by atoms with E-state index in [1.54, 1.807) is 0 Å². The lowest BCUT2D eigenvalue weighted by atomic mass is 10.2. The van der Waals surface area contributed by atoms with Crippen molar-refractivity contribution >= 4 is 27.6 Å². The van der Waals surface area contributed by atoms with Crippen LogP contribution in [0.15, 0.2) is 17.0 Å². The van der Waals surface area contributed by atoms with Crippen LogP contribution < -0.4 is 0 Å². The predicted octanol–water partition coefficient (Wildman–Crippen LogP) is 1.11. The van der Waals surface area contributed by atoms with Gasteiger partial charge in [-0.25, -0.2) is 17.6 Å². The van der Waals surface area contributed by atoms with E-state index in [2.05, 4.69) is 0 Å². The Morgan fingerprint density at radius 2 is 1.86 bits per heavy atom. The Morgan fingerprint density at radius 3 is 2.38 bits per heavy atom. The molecule has 21 heavy (non-hydrogen) atoms. The molecule has 0 aromatic heterocycles. The maximum Gasteiger partial charge on any atom is 0.338 e. The van der Waals surface area contributed by atoms with Gasteiger partial charge in [0.25, 0.3) is 0 Å². The van der Waals surface area contributed by atoms with Gasteiger partial charge in [0.1, 0.15) is 4.90 Å². The molecular weight excluding hydrogens is 323 g/mol. The van der Waals surface area contributed by atoms with Crippen LogP contribution in [0.5, 0.6) is 0 Å². The average molecular weight is 337 g/mol. The van der Waals surface area contributed by atoms with Crippen LogP contribution in [-0.4, -0.2) is 61.9 Å². The fourth-order valence-corrected chi connectivity index (χ4v) is 3.89. The molecule has 1 N–H and O–H groups in total. The number of nitrogens with zero attached hydrogens (tertiary/aromatic N) is 2. The van der Waals surface area contributed by atoms with Gasteiger partial charge in [-0.2, -0.15) is 4.31 Å². The summed E-state index contributed by atoms with van der Waals surface area (Å²) in [6.07, 6.45) is 0. The van der Waals surface area contributed by atoms with Crippen LogP contribution in [0.25, 0.3) is 0 Å².